The number of piperidine rings is 1. The highest BCUT2D eigenvalue weighted by Crippen LogP contribution is 2.22. The molecule has 0 bridgehead atoms. The van der Waals surface area contributed by atoms with Crippen LogP contribution in [0.2, 0.25) is 0 Å². The molecule has 1 aromatic rings. The first kappa shape index (κ1) is 16.4. The van der Waals surface area contributed by atoms with Gasteiger partial charge >= 0.3 is 0 Å². The molecule has 1 aromatic heterocycles. The van der Waals surface area contributed by atoms with Crippen LogP contribution in [0, 0.1) is 12.8 Å². The Bertz CT molecular complexity index is 501. The van der Waals surface area contributed by atoms with Gasteiger partial charge in [-0.3, -0.25) is 0 Å². The fraction of sp³-hybridized carbons (Fsp3) is 0.727. The first-order valence-electron chi connectivity index (χ1n) is 6.15. The van der Waals surface area contributed by atoms with Gasteiger partial charge in [0.1, 0.15) is 5.82 Å². The highest BCUT2D eigenvalue weighted by molar-refractivity contribution is 7.89. The van der Waals surface area contributed by atoms with Crippen LogP contribution in [0.25, 0.3) is 0 Å². The minimum Gasteiger partial charge on any atom is -0.337 e. The third kappa shape index (κ3) is 3.28. The number of nitrogens with zero attached hydrogens (tertiary/aromatic N) is 3. The van der Waals surface area contributed by atoms with E-state index in [2.05, 4.69) is 4.98 Å². The summed E-state index contributed by atoms with van der Waals surface area (Å²) >= 11 is 0. The summed E-state index contributed by atoms with van der Waals surface area (Å²) in [5, 5.41) is 0.147. The molecule has 2 heterocycles. The van der Waals surface area contributed by atoms with Gasteiger partial charge in [-0.25, -0.2) is 13.4 Å². The second-order valence-electron chi connectivity index (χ2n) is 4.82. The molecule has 0 spiro atoms. The molecule has 0 amide bonds. The van der Waals surface area contributed by atoms with Gasteiger partial charge in [0, 0.05) is 26.3 Å². The fourth-order valence-electron chi connectivity index (χ4n) is 2.17. The molecule has 0 aromatic carbocycles. The second-order valence-corrected chi connectivity index (χ2v) is 6.71. The average molecular weight is 309 g/mol. The van der Waals surface area contributed by atoms with E-state index in [9.17, 15) is 8.42 Å². The van der Waals surface area contributed by atoms with Gasteiger partial charge in [0.15, 0.2) is 5.03 Å². The Labute approximate surface area is 120 Å². The van der Waals surface area contributed by atoms with Crippen molar-refractivity contribution >= 4 is 22.4 Å². The maximum absolute atomic E-state index is 12.4. The summed E-state index contributed by atoms with van der Waals surface area (Å²) in [7, 11) is -1.64. The lowest BCUT2D eigenvalue weighted by Gasteiger charge is -2.29. The van der Waals surface area contributed by atoms with E-state index in [-0.39, 0.29) is 17.4 Å². The third-order valence-corrected chi connectivity index (χ3v) is 5.37. The van der Waals surface area contributed by atoms with Gasteiger partial charge in [-0.15, -0.1) is 12.4 Å². The van der Waals surface area contributed by atoms with Crippen molar-refractivity contribution in [3.8, 4) is 0 Å². The van der Waals surface area contributed by atoms with Crippen LogP contribution in [-0.2, 0) is 17.1 Å². The van der Waals surface area contributed by atoms with Crippen LogP contribution >= 0.6 is 12.4 Å². The van der Waals surface area contributed by atoms with Crippen LogP contribution < -0.4 is 5.73 Å². The SMILES string of the molecule is Cc1nc(S(=O)(=O)N2CCC(CN)CC2)cn1C.Cl. The predicted octanol–water partition coefficient (Wildman–Crippen LogP) is 0.510. The number of rotatable bonds is 3. The van der Waals surface area contributed by atoms with Crippen molar-refractivity contribution in [2.75, 3.05) is 19.6 Å². The van der Waals surface area contributed by atoms with Crippen molar-refractivity contribution in [2.24, 2.45) is 18.7 Å². The number of imidazole rings is 1. The summed E-state index contributed by atoms with van der Waals surface area (Å²) in [5.41, 5.74) is 5.61. The minimum absolute atomic E-state index is 0. The summed E-state index contributed by atoms with van der Waals surface area (Å²) in [6, 6.07) is 0. The molecule has 1 saturated heterocycles. The van der Waals surface area contributed by atoms with Crippen LogP contribution in [0.1, 0.15) is 18.7 Å². The Kier molecular flexibility index (Phi) is 5.37. The van der Waals surface area contributed by atoms with Gasteiger partial charge in [-0.1, -0.05) is 0 Å². The zero-order valence-electron chi connectivity index (χ0n) is 11.2. The number of hydrogen-bond donors (Lipinski definition) is 1. The van der Waals surface area contributed by atoms with Gasteiger partial charge in [0.2, 0.25) is 0 Å². The highest BCUT2D eigenvalue weighted by atomic mass is 35.5. The highest BCUT2D eigenvalue weighted by Gasteiger charge is 2.30. The van der Waals surface area contributed by atoms with Crippen LogP contribution in [0.4, 0.5) is 0 Å². The van der Waals surface area contributed by atoms with E-state index in [1.54, 1.807) is 24.7 Å². The van der Waals surface area contributed by atoms with E-state index in [0.29, 0.717) is 31.4 Å². The Morgan fingerprint density at radius 3 is 2.42 bits per heavy atom. The number of hydrogen-bond acceptors (Lipinski definition) is 4. The first-order chi connectivity index (χ1) is 8.45. The van der Waals surface area contributed by atoms with Crippen molar-refractivity contribution in [1.29, 1.82) is 0 Å². The quantitative estimate of drug-likeness (QED) is 0.882. The zero-order valence-corrected chi connectivity index (χ0v) is 12.9. The summed E-state index contributed by atoms with van der Waals surface area (Å²) in [6.45, 7) is 3.51. The average Bonchev–Trinajstić information content (AvgIpc) is 2.70. The second kappa shape index (κ2) is 6.21. The molecule has 19 heavy (non-hydrogen) atoms. The largest absolute Gasteiger partial charge is 0.337 e. The molecular weight excluding hydrogens is 288 g/mol. The van der Waals surface area contributed by atoms with Crippen LogP contribution in [0.5, 0.6) is 0 Å². The number of sulfonamides is 1. The zero-order chi connectivity index (χ0) is 13.3. The number of nitrogens with two attached hydrogens (primary N) is 1. The van der Waals surface area contributed by atoms with E-state index in [0.717, 1.165) is 12.8 Å². The van der Waals surface area contributed by atoms with Crippen LogP contribution in [0.3, 0.4) is 0 Å². The van der Waals surface area contributed by atoms with Crippen molar-refractivity contribution in [1.82, 2.24) is 13.9 Å². The van der Waals surface area contributed by atoms with Crippen molar-refractivity contribution in [2.45, 2.75) is 24.8 Å². The van der Waals surface area contributed by atoms with Crippen molar-refractivity contribution in [3.63, 3.8) is 0 Å². The van der Waals surface area contributed by atoms with Gasteiger partial charge in [-0.05, 0) is 32.2 Å². The lowest BCUT2D eigenvalue weighted by Crippen LogP contribution is -2.40. The van der Waals surface area contributed by atoms with Crippen LogP contribution in [0.15, 0.2) is 11.2 Å². The molecule has 0 unspecified atom stereocenters. The molecule has 2 rings (SSSR count). The first-order valence-corrected chi connectivity index (χ1v) is 7.59. The predicted molar refractivity (Wildman–Crippen MR) is 75.7 cm³/mol. The van der Waals surface area contributed by atoms with E-state index in [1.807, 2.05) is 0 Å². The smallest absolute Gasteiger partial charge is 0.262 e. The summed E-state index contributed by atoms with van der Waals surface area (Å²) in [4.78, 5) is 4.10. The Morgan fingerprint density at radius 1 is 1.42 bits per heavy atom. The standard InChI is InChI=1S/C11H20N4O2S.ClH/c1-9-13-11(8-14(9)2)18(16,17)15-5-3-10(7-12)4-6-15;/h8,10H,3-7,12H2,1-2H3;1H. The topological polar surface area (TPSA) is 81.2 Å². The Balaban J connectivity index is 0.00000180. The summed E-state index contributed by atoms with van der Waals surface area (Å²) in [6.07, 6.45) is 3.24. The Morgan fingerprint density at radius 2 is 2.00 bits per heavy atom. The normalized spacial score (nSPS) is 18.3. The van der Waals surface area contributed by atoms with Crippen LogP contribution in [-0.4, -0.2) is 41.9 Å². The summed E-state index contributed by atoms with van der Waals surface area (Å²) < 4.78 is 28.0. The van der Waals surface area contributed by atoms with E-state index in [1.165, 1.54) is 4.31 Å². The van der Waals surface area contributed by atoms with Crippen molar-refractivity contribution in [3.05, 3.63) is 12.0 Å². The number of halogens is 1. The van der Waals surface area contributed by atoms with Gasteiger partial charge in [0.05, 0.1) is 0 Å². The van der Waals surface area contributed by atoms with Gasteiger partial charge < -0.3 is 10.3 Å². The molecule has 0 aliphatic carbocycles. The summed E-state index contributed by atoms with van der Waals surface area (Å²) in [5.74, 6) is 1.15. The monoisotopic (exact) mass is 308 g/mol. The van der Waals surface area contributed by atoms with Gasteiger partial charge in [-0.2, -0.15) is 4.31 Å². The van der Waals surface area contributed by atoms with E-state index < -0.39 is 10.0 Å². The minimum atomic E-state index is -3.43. The lowest BCUT2D eigenvalue weighted by molar-refractivity contribution is 0.278. The molecule has 1 aliphatic heterocycles. The van der Waals surface area contributed by atoms with Gasteiger partial charge in [0.25, 0.3) is 10.0 Å². The maximum atomic E-state index is 12.4. The molecule has 6 nitrogen and oxygen atoms in total. The Hall–Kier alpha value is -0.630. The molecule has 110 valence electrons. The lowest BCUT2D eigenvalue weighted by atomic mass is 9.99. The molecule has 0 radical (unpaired) electrons. The molecular formula is C11H21ClN4O2S. The third-order valence-electron chi connectivity index (χ3n) is 3.60. The molecule has 1 aliphatic rings. The molecule has 0 saturated carbocycles. The number of aromatic nitrogens is 2. The molecule has 1 fully saturated rings. The molecule has 2 N–H and O–H groups in total. The van der Waals surface area contributed by atoms with E-state index >= 15 is 0 Å². The molecule has 8 heteroatoms. The molecule has 0 atom stereocenters. The van der Waals surface area contributed by atoms with Crippen molar-refractivity contribution < 1.29 is 8.42 Å². The number of aryl methyl sites for hydroxylation is 2. The fourth-order valence-corrected chi connectivity index (χ4v) is 3.66. The maximum Gasteiger partial charge on any atom is 0.262 e. The van der Waals surface area contributed by atoms with E-state index in [4.69, 9.17) is 5.73 Å².